The van der Waals surface area contributed by atoms with E-state index in [1.54, 1.807) is 6.20 Å². The number of pyridine rings is 1. The van der Waals surface area contributed by atoms with Gasteiger partial charge in [0.1, 0.15) is 4.60 Å². The Morgan fingerprint density at radius 1 is 1.31 bits per heavy atom. The normalized spacial score (nSPS) is 17.3. The molecular formula is C13H19BrN2. The molecule has 1 N–H and O–H groups in total. The van der Waals surface area contributed by atoms with Crippen LogP contribution in [0.15, 0.2) is 22.9 Å². The van der Waals surface area contributed by atoms with Crippen molar-refractivity contribution in [3.8, 4) is 0 Å². The van der Waals surface area contributed by atoms with Gasteiger partial charge >= 0.3 is 0 Å². The molecule has 0 atom stereocenters. The summed E-state index contributed by atoms with van der Waals surface area (Å²) in [4.78, 5) is 4.20. The fourth-order valence-corrected chi connectivity index (χ4v) is 2.80. The van der Waals surface area contributed by atoms with Crippen molar-refractivity contribution in [3.05, 3.63) is 22.9 Å². The van der Waals surface area contributed by atoms with Crippen molar-refractivity contribution in [2.75, 3.05) is 11.9 Å². The molecule has 1 aliphatic carbocycles. The molecular weight excluding hydrogens is 264 g/mol. The van der Waals surface area contributed by atoms with Gasteiger partial charge in [0.15, 0.2) is 0 Å². The Hall–Kier alpha value is -0.570. The van der Waals surface area contributed by atoms with E-state index in [1.165, 1.54) is 38.5 Å². The highest BCUT2D eigenvalue weighted by Gasteiger charge is 2.12. The number of halogens is 1. The third-order valence-electron chi connectivity index (χ3n) is 3.35. The molecule has 3 heteroatoms. The smallest absolute Gasteiger partial charge is 0.129 e. The lowest BCUT2D eigenvalue weighted by Crippen LogP contribution is -2.12. The summed E-state index contributed by atoms with van der Waals surface area (Å²) in [5, 5.41) is 3.45. The summed E-state index contributed by atoms with van der Waals surface area (Å²) in [7, 11) is 0. The first-order valence-electron chi connectivity index (χ1n) is 6.20. The molecule has 1 aromatic heterocycles. The maximum Gasteiger partial charge on any atom is 0.129 e. The molecule has 1 heterocycles. The maximum atomic E-state index is 4.20. The molecule has 0 aromatic carbocycles. The second-order valence-electron chi connectivity index (χ2n) is 4.56. The van der Waals surface area contributed by atoms with Crippen molar-refractivity contribution < 1.29 is 0 Å². The predicted molar refractivity (Wildman–Crippen MR) is 71.6 cm³/mol. The van der Waals surface area contributed by atoms with Crippen LogP contribution in [0.4, 0.5) is 5.69 Å². The second-order valence-corrected chi connectivity index (χ2v) is 5.31. The van der Waals surface area contributed by atoms with E-state index >= 15 is 0 Å². The number of nitrogens with one attached hydrogen (secondary N) is 1. The van der Waals surface area contributed by atoms with Crippen LogP contribution in [0.1, 0.15) is 38.5 Å². The first-order chi connectivity index (χ1) is 7.86. The molecule has 0 aliphatic heterocycles. The highest BCUT2D eigenvalue weighted by Crippen LogP contribution is 2.26. The minimum absolute atomic E-state index is 0.915. The van der Waals surface area contributed by atoms with Crippen molar-refractivity contribution in [2.45, 2.75) is 38.5 Å². The van der Waals surface area contributed by atoms with E-state index in [1.807, 2.05) is 6.07 Å². The van der Waals surface area contributed by atoms with Crippen molar-refractivity contribution in [2.24, 2.45) is 5.92 Å². The molecule has 0 spiro atoms. The molecule has 2 nitrogen and oxygen atoms in total. The van der Waals surface area contributed by atoms with Gasteiger partial charge in [0, 0.05) is 12.7 Å². The fraction of sp³-hybridized carbons (Fsp3) is 0.615. The number of rotatable bonds is 4. The highest BCUT2D eigenvalue weighted by molar-refractivity contribution is 9.10. The van der Waals surface area contributed by atoms with Gasteiger partial charge in [-0.25, -0.2) is 4.98 Å². The molecule has 1 saturated carbocycles. The zero-order valence-corrected chi connectivity index (χ0v) is 11.2. The molecule has 0 bridgehead atoms. The topological polar surface area (TPSA) is 24.9 Å². The zero-order valence-electron chi connectivity index (χ0n) is 9.58. The Morgan fingerprint density at radius 2 is 2.12 bits per heavy atom. The van der Waals surface area contributed by atoms with Crippen LogP contribution in [0, 0.1) is 5.92 Å². The fourth-order valence-electron chi connectivity index (χ4n) is 2.40. The van der Waals surface area contributed by atoms with Gasteiger partial charge in [-0.2, -0.15) is 0 Å². The average molecular weight is 283 g/mol. The molecule has 0 amide bonds. The van der Waals surface area contributed by atoms with Gasteiger partial charge in [-0.3, -0.25) is 0 Å². The van der Waals surface area contributed by atoms with Crippen LogP contribution in [0.5, 0.6) is 0 Å². The summed E-state index contributed by atoms with van der Waals surface area (Å²) < 4.78 is 0.915. The number of aromatic nitrogens is 1. The van der Waals surface area contributed by atoms with Crippen LogP contribution in [-0.2, 0) is 0 Å². The van der Waals surface area contributed by atoms with E-state index < -0.39 is 0 Å². The van der Waals surface area contributed by atoms with E-state index in [9.17, 15) is 0 Å². The van der Waals surface area contributed by atoms with Crippen LogP contribution >= 0.6 is 15.9 Å². The average Bonchev–Trinajstić information content (AvgIpc) is 2.33. The minimum atomic E-state index is 0.915. The van der Waals surface area contributed by atoms with Crippen molar-refractivity contribution in [1.82, 2.24) is 4.98 Å². The van der Waals surface area contributed by atoms with Gasteiger partial charge in [0.25, 0.3) is 0 Å². The summed E-state index contributed by atoms with van der Waals surface area (Å²) in [6.45, 7) is 1.06. The largest absolute Gasteiger partial charge is 0.383 e. The Labute approximate surface area is 106 Å². The second kappa shape index (κ2) is 6.24. The predicted octanol–water partition coefficient (Wildman–Crippen LogP) is 4.23. The monoisotopic (exact) mass is 282 g/mol. The Morgan fingerprint density at radius 3 is 2.88 bits per heavy atom. The van der Waals surface area contributed by atoms with Gasteiger partial charge in [0.2, 0.25) is 0 Å². The molecule has 16 heavy (non-hydrogen) atoms. The Balaban J connectivity index is 1.73. The maximum absolute atomic E-state index is 4.20. The summed E-state index contributed by atoms with van der Waals surface area (Å²) in [6.07, 6.45) is 10.3. The molecule has 0 unspecified atom stereocenters. The lowest BCUT2D eigenvalue weighted by molar-refractivity contribution is 0.345. The van der Waals surface area contributed by atoms with Crippen LogP contribution < -0.4 is 5.32 Å². The van der Waals surface area contributed by atoms with Gasteiger partial charge in [-0.1, -0.05) is 32.1 Å². The number of anilines is 1. The van der Waals surface area contributed by atoms with Crippen LogP contribution in [-0.4, -0.2) is 11.5 Å². The van der Waals surface area contributed by atoms with Crippen molar-refractivity contribution in [1.29, 1.82) is 0 Å². The van der Waals surface area contributed by atoms with Gasteiger partial charge in [-0.05, 0) is 40.4 Å². The van der Waals surface area contributed by atoms with E-state index in [-0.39, 0.29) is 0 Å². The molecule has 1 aromatic rings. The van der Waals surface area contributed by atoms with E-state index in [0.717, 1.165) is 22.8 Å². The van der Waals surface area contributed by atoms with Gasteiger partial charge in [0.05, 0.1) is 5.69 Å². The SMILES string of the molecule is Brc1ncccc1NCCC1CCCCC1. The van der Waals surface area contributed by atoms with E-state index in [2.05, 4.69) is 32.3 Å². The van der Waals surface area contributed by atoms with E-state index in [0.29, 0.717) is 0 Å². The Bertz CT molecular complexity index is 321. The van der Waals surface area contributed by atoms with Gasteiger partial charge < -0.3 is 5.32 Å². The number of hydrogen-bond acceptors (Lipinski definition) is 2. The van der Waals surface area contributed by atoms with Gasteiger partial charge in [-0.15, -0.1) is 0 Å². The quantitative estimate of drug-likeness (QED) is 0.836. The van der Waals surface area contributed by atoms with E-state index in [4.69, 9.17) is 0 Å². The highest BCUT2D eigenvalue weighted by atomic mass is 79.9. The number of hydrogen-bond donors (Lipinski definition) is 1. The van der Waals surface area contributed by atoms with Crippen LogP contribution in [0.3, 0.4) is 0 Å². The summed E-state index contributed by atoms with van der Waals surface area (Å²) >= 11 is 3.45. The zero-order chi connectivity index (χ0) is 11.2. The summed E-state index contributed by atoms with van der Waals surface area (Å²) in [6, 6.07) is 4.03. The van der Waals surface area contributed by atoms with Crippen LogP contribution in [0.25, 0.3) is 0 Å². The van der Waals surface area contributed by atoms with Crippen LogP contribution in [0.2, 0.25) is 0 Å². The summed E-state index contributed by atoms with van der Waals surface area (Å²) in [5.41, 5.74) is 1.11. The van der Waals surface area contributed by atoms with Crippen molar-refractivity contribution in [3.63, 3.8) is 0 Å². The molecule has 88 valence electrons. The lowest BCUT2D eigenvalue weighted by Gasteiger charge is -2.21. The molecule has 0 saturated heterocycles. The molecule has 1 fully saturated rings. The minimum Gasteiger partial charge on any atom is -0.383 e. The first kappa shape index (κ1) is 11.9. The van der Waals surface area contributed by atoms with Crippen molar-refractivity contribution >= 4 is 21.6 Å². The number of nitrogens with zero attached hydrogens (tertiary/aromatic N) is 1. The Kier molecular flexibility index (Phi) is 4.64. The first-order valence-corrected chi connectivity index (χ1v) is 7.00. The molecule has 1 aliphatic rings. The lowest BCUT2D eigenvalue weighted by atomic mass is 9.87. The summed E-state index contributed by atoms with van der Waals surface area (Å²) in [5.74, 6) is 0.941. The molecule has 0 radical (unpaired) electrons. The molecule has 2 rings (SSSR count). The standard InChI is InChI=1S/C13H19BrN2/c14-13-12(7-4-9-16-13)15-10-8-11-5-2-1-3-6-11/h4,7,9,11,15H,1-3,5-6,8,10H2. The third-order valence-corrected chi connectivity index (χ3v) is 3.98. The third kappa shape index (κ3) is 3.48.